The third-order valence-electron chi connectivity index (χ3n) is 2.72. The number of nitrogens with one attached hydrogen (secondary N) is 1. The first-order valence-electron chi connectivity index (χ1n) is 6.12. The molecule has 0 saturated carbocycles. The number of nitro groups is 1. The van der Waals surface area contributed by atoms with Crippen molar-refractivity contribution < 1.29 is 14.5 Å². The molecule has 6 heteroatoms. The molecule has 1 amide bonds. The summed E-state index contributed by atoms with van der Waals surface area (Å²) >= 11 is 0. The highest BCUT2D eigenvalue weighted by molar-refractivity contribution is 5.95. The van der Waals surface area contributed by atoms with Crippen LogP contribution in [0, 0.1) is 22.5 Å². The SMILES string of the molecule is C#C[C@H](CCC)NC(=O)c1ccc([N+](=O)[O-])c(OC)c1. The molecule has 106 valence electrons. The maximum atomic E-state index is 12.0. The molecule has 20 heavy (non-hydrogen) atoms. The highest BCUT2D eigenvalue weighted by atomic mass is 16.6. The number of benzene rings is 1. The Bertz CT molecular complexity index is 549. The summed E-state index contributed by atoms with van der Waals surface area (Å²) in [7, 11) is 1.31. The summed E-state index contributed by atoms with van der Waals surface area (Å²) in [6.07, 6.45) is 6.85. The first-order chi connectivity index (χ1) is 9.53. The van der Waals surface area contributed by atoms with Crippen LogP contribution in [0.3, 0.4) is 0 Å². The van der Waals surface area contributed by atoms with Crippen LogP contribution in [0.15, 0.2) is 18.2 Å². The van der Waals surface area contributed by atoms with E-state index in [2.05, 4.69) is 11.2 Å². The van der Waals surface area contributed by atoms with Gasteiger partial charge in [-0.05, 0) is 12.5 Å². The van der Waals surface area contributed by atoms with Crippen LogP contribution in [0.5, 0.6) is 5.75 Å². The van der Waals surface area contributed by atoms with E-state index in [9.17, 15) is 14.9 Å². The molecule has 1 atom stereocenters. The molecule has 1 aromatic rings. The number of ether oxygens (including phenoxy) is 1. The van der Waals surface area contributed by atoms with Gasteiger partial charge in [0.05, 0.1) is 18.1 Å². The second-order valence-corrected chi connectivity index (χ2v) is 4.13. The molecule has 0 unspecified atom stereocenters. The fourth-order valence-electron chi connectivity index (χ4n) is 1.70. The molecule has 0 aliphatic heterocycles. The van der Waals surface area contributed by atoms with E-state index in [1.54, 1.807) is 0 Å². The highest BCUT2D eigenvalue weighted by Crippen LogP contribution is 2.27. The van der Waals surface area contributed by atoms with E-state index >= 15 is 0 Å². The predicted octanol–water partition coefficient (Wildman–Crippen LogP) is 2.14. The van der Waals surface area contributed by atoms with E-state index in [1.165, 1.54) is 25.3 Å². The molecular formula is C14H16N2O4. The molecule has 0 aromatic heterocycles. The molecule has 1 N–H and O–H groups in total. The largest absolute Gasteiger partial charge is 0.490 e. The van der Waals surface area contributed by atoms with Crippen molar-refractivity contribution in [2.24, 2.45) is 0 Å². The Morgan fingerprint density at radius 1 is 1.60 bits per heavy atom. The van der Waals surface area contributed by atoms with Crippen molar-refractivity contribution in [2.75, 3.05) is 7.11 Å². The van der Waals surface area contributed by atoms with E-state index in [4.69, 9.17) is 11.2 Å². The van der Waals surface area contributed by atoms with Crippen LogP contribution in [0.4, 0.5) is 5.69 Å². The summed E-state index contributed by atoms with van der Waals surface area (Å²) < 4.78 is 4.91. The summed E-state index contributed by atoms with van der Waals surface area (Å²) in [5.41, 5.74) is 0.0786. The number of terminal acetylenes is 1. The minimum absolute atomic E-state index is 0.0374. The Morgan fingerprint density at radius 3 is 2.80 bits per heavy atom. The van der Waals surface area contributed by atoms with Crippen molar-refractivity contribution in [2.45, 2.75) is 25.8 Å². The number of carbonyl (C=O) groups excluding carboxylic acids is 1. The Hall–Kier alpha value is -2.55. The third kappa shape index (κ3) is 3.72. The minimum atomic E-state index is -0.568. The van der Waals surface area contributed by atoms with Crippen molar-refractivity contribution >= 4 is 11.6 Å². The van der Waals surface area contributed by atoms with Gasteiger partial charge in [-0.25, -0.2) is 0 Å². The third-order valence-corrected chi connectivity index (χ3v) is 2.72. The monoisotopic (exact) mass is 276 g/mol. The van der Waals surface area contributed by atoms with Crippen LogP contribution < -0.4 is 10.1 Å². The molecule has 0 aliphatic carbocycles. The van der Waals surface area contributed by atoms with Gasteiger partial charge in [-0.3, -0.25) is 14.9 Å². The summed E-state index contributed by atoms with van der Waals surface area (Å²) in [5, 5.41) is 13.5. The second-order valence-electron chi connectivity index (χ2n) is 4.13. The van der Waals surface area contributed by atoms with Crippen molar-refractivity contribution in [1.29, 1.82) is 0 Å². The van der Waals surface area contributed by atoms with Crippen LogP contribution >= 0.6 is 0 Å². The van der Waals surface area contributed by atoms with E-state index in [1.807, 2.05) is 6.92 Å². The second kappa shape index (κ2) is 7.14. The zero-order chi connectivity index (χ0) is 15.1. The quantitative estimate of drug-likeness (QED) is 0.490. The van der Waals surface area contributed by atoms with Gasteiger partial charge in [-0.15, -0.1) is 6.42 Å². The van der Waals surface area contributed by atoms with E-state index in [0.717, 1.165) is 6.42 Å². The maximum absolute atomic E-state index is 12.0. The number of rotatable bonds is 6. The van der Waals surface area contributed by atoms with Gasteiger partial charge in [0.2, 0.25) is 0 Å². The first kappa shape index (κ1) is 15.5. The molecule has 0 heterocycles. The maximum Gasteiger partial charge on any atom is 0.310 e. The molecule has 0 fully saturated rings. The summed E-state index contributed by atoms with van der Waals surface area (Å²) in [4.78, 5) is 22.2. The van der Waals surface area contributed by atoms with E-state index < -0.39 is 4.92 Å². The van der Waals surface area contributed by atoms with Gasteiger partial charge in [0, 0.05) is 17.7 Å². The number of nitro benzene ring substituents is 1. The summed E-state index contributed by atoms with van der Waals surface area (Å²) in [5.74, 6) is 2.15. The lowest BCUT2D eigenvalue weighted by atomic mass is 10.1. The molecule has 6 nitrogen and oxygen atoms in total. The summed E-state index contributed by atoms with van der Waals surface area (Å²) in [6, 6.07) is 3.58. The fourth-order valence-corrected chi connectivity index (χ4v) is 1.70. The van der Waals surface area contributed by atoms with Gasteiger partial charge >= 0.3 is 5.69 Å². The summed E-state index contributed by atoms with van der Waals surface area (Å²) in [6.45, 7) is 1.96. The number of amides is 1. The van der Waals surface area contributed by atoms with E-state index in [0.29, 0.717) is 6.42 Å². The van der Waals surface area contributed by atoms with Crippen molar-refractivity contribution in [3.63, 3.8) is 0 Å². The number of nitrogens with zero attached hydrogens (tertiary/aromatic N) is 1. The molecule has 0 radical (unpaired) electrons. The Kier molecular flexibility index (Phi) is 5.54. The number of carbonyl (C=O) groups is 1. The van der Waals surface area contributed by atoms with Crippen LogP contribution in [-0.4, -0.2) is 24.0 Å². The van der Waals surface area contributed by atoms with Crippen molar-refractivity contribution in [3.05, 3.63) is 33.9 Å². The zero-order valence-electron chi connectivity index (χ0n) is 11.4. The molecule has 0 saturated heterocycles. The molecule has 1 aromatic carbocycles. The minimum Gasteiger partial charge on any atom is -0.490 e. The molecule has 0 aliphatic rings. The Morgan fingerprint density at radius 2 is 2.30 bits per heavy atom. The lowest BCUT2D eigenvalue weighted by Gasteiger charge is -2.12. The zero-order valence-corrected chi connectivity index (χ0v) is 11.4. The van der Waals surface area contributed by atoms with Gasteiger partial charge in [0.25, 0.3) is 5.91 Å². The van der Waals surface area contributed by atoms with Gasteiger partial charge < -0.3 is 10.1 Å². The van der Waals surface area contributed by atoms with Crippen LogP contribution in [-0.2, 0) is 0 Å². The average Bonchev–Trinajstić information content (AvgIpc) is 2.45. The topological polar surface area (TPSA) is 81.5 Å². The Labute approximate surface area is 117 Å². The van der Waals surface area contributed by atoms with Gasteiger partial charge in [-0.2, -0.15) is 0 Å². The molecular weight excluding hydrogens is 260 g/mol. The van der Waals surface area contributed by atoms with Gasteiger partial charge in [-0.1, -0.05) is 19.3 Å². The molecule has 0 bridgehead atoms. The van der Waals surface area contributed by atoms with E-state index in [-0.39, 0.29) is 28.9 Å². The molecule has 1 rings (SSSR count). The van der Waals surface area contributed by atoms with Crippen molar-refractivity contribution in [1.82, 2.24) is 5.32 Å². The average molecular weight is 276 g/mol. The van der Waals surface area contributed by atoms with Gasteiger partial charge in [0.15, 0.2) is 5.75 Å². The van der Waals surface area contributed by atoms with Crippen LogP contribution in [0.2, 0.25) is 0 Å². The number of methoxy groups -OCH3 is 1. The van der Waals surface area contributed by atoms with Crippen LogP contribution in [0.25, 0.3) is 0 Å². The van der Waals surface area contributed by atoms with Crippen LogP contribution in [0.1, 0.15) is 30.1 Å². The highest BCUT2D eigenvalue weighted by Gasteiger charge is 2.18. The molecule has 0 spiro atoms. The Balaban J connectivity index is 2.94. The fraction of sp³-hybridized carbons (Fsp3) is 0.357. The smallest absolute Gasteiger partial charge is 0.310 e. The lowest BCUT2D eigenvalue weighted by Crippen LogP contribution is -2.33. The first-order valence-corrected chi connectivity index (χ1v) is 6.12. The van der Waals surface area contributed by atoms with Crippen molar-refractivity contribution in [3.8, 4) is 18.1 Å². The van der Waals surface area contributed by atoms with Gasteiger partial charge in [0.1, 0.15) is 0 Å². The number of hydrogen-bond donors (Lipinski definition) is 1. The lowest BCUT2D eigenvalue weighted by molar-refractivity contribution is -0.385. The predicted molar refractivity (Wildman–Crippen MR) is 74.6 cm³/mol. The number of hydrogen-bond acceptors (Lipinski definition) is 4. The standard InChI is InChI=1S/C14H16N2O4/c1-4-6-11(5-2)15-14(17)10-7-8-12(16(18)19)13(9-10)20-3/h2,7-9,11H,4,6H2,1,3H3,(H,15,17)/t11-/m1/s1. The normalized spacial score (nSPS) is 11.2.